The van der Waals surface area contributed by atoms with E-state index >= 15 is 0 Å². The molecule has 0 fully saturated rings. The molecule has 0 aliphatic heterocycles. The van der Waals surface area contributed by atoms with Crippen LogP contribution in [0.5, 0.6) is 0 Å². The molecule has 2 atom stereocenters. The van der Waals surface area contributed by atoms with Crippen molar-refractivity contribution in [1.29, 1.82) is 0 Å². The van der Waals surface area contributed by atoms with Crippen LogP contribution in [0.2, 0.25) is 0 Å². The summed E-state index contributed by atoms with van der Waals surface area (Å²) in [5.41, 5.74) is 5.89. The van der Waals surface area contributed by atoms with E-state index in [1.807, 2.05) is 6.92 Å². The maximum Gasteiger partial charge on any atom is 0.326 e. The molecule has 0 saturated carbocycles. The number of carboxylic acids is 1. The van der Waals surface area contributed by atoms with Gasteiger partial charge in [0.1, 0.15) is 16.7 Å². The molecule has 0 aromatic carbocycles. The molecule has 0 aliphatic carbocycles. The average molecular weight is 285 g/mol. The molecule has 1 aromatic rings. The standard InChI is InChI=1S/C12H19N3O3S/c1-3-4-5-8(12(17)18)14-10(16)9-6-19-11(15-9)7(2)13/h6-8H,3-5,13H2,1-2H3,(H,14,16)(H,17,18). The molecule has 0 radical (unpaired) electrons. The molecular formula is C12H19N3O3S. The summed E-state index contributed by atoms with van der Waals surface area (Å²) in [6.07, 6.45) is 2.05. The van der Waals surface area contributed by atoms with E-state index in [0.717, 1.165) is 12.8 Å². The zero-order valence-corrected chi connectivity index (χ0v) is 11.9. The van der Waals surface area contributed by atoms with Crippen LogP contribution >= 0.6 is 11.3 Å². The Bertz CT molecular complexity index is 445. The topological polar surface area (TPSA) is 105 Å². The molecule has 2 unspecified atom stereocenters. The maximum atomic E-state index is 11.9. The Morgan fingerprint density at radius 2 is 2.26 bits per heavy atom. The predicted octanol–water partition coefficient (Wildman–Crippen LogP) is 1.54. The Balaban J connectivity index is 2.67. The molecule has 1 rings (SSSR count). The van der Waals surface area contributed by atoms with Gasteiger partial charge in [-0.05, 0) is 13.3 Å². The molecule has 6 nitrogen and oxygen atoms in total. The van der Waals surface area contributed by atoms with Crippen molar-refractivity contribution in [2.24, 2.45) is 5.73 Å². The fraction of sp³-hybridized carbons (Fsp3) is 0.583. The lowest BCUT2D eigenvalue weighted by molar-refractivity contribution is -0.139. The number of carboxylic acid groups (broad SMARTS) is 1. The molecule has 7 heteroatoms. The Morgan fingerprint density at radius 1 is 1.58 bits per heavy atom. The second-order valence-electron chi connectivity index (χ2n) is 4.37. The minimum atomic E-state index is -1.02. The molecule has 1 heterocycles. The zero-order valence-electron chi connectivity index (χ0n) is 11.0. The van der Waals surface area contributed by atoms with Gasteiger partial charge in [-0.25, -0.2) is 9.78 Å². The van der Waals surface area contributed by atoms with E-state index in [9.17, 15) is 9.59 Å². The number of aliphatic carboxylic acids is 1. The number of nitrogens with zero attached hydrogens (tertiary/aromatic N) is 1. The molecule has 0 aliphatic rings. The molecule has 19 heavy (non-hydrogen) atoms. The van der Waals surface area contributed by atoms with E-state index in [0.29, 0.717) is 11.4 Å². The van der Waals surface area contributed by atoms with Crippen LogP contribution in [0.3, 0.4) is 0 Å². The first-order chi connectivity index (χ1) is 8.95. The number of unbranched alkanes of at least 4 members (excludes halogenated alkanes) is 1. The summed E-state index contributed by atoms with van der Waals surface area (Å²) in [5, 5.41) is 13.8. The van der Waals surface area contributed by atoms with Crippen LogP contribution in [0.1, 0.15) is 54.6 Å². The second kappa shape index (κ2) is 7.20. The summed E-state index contributed by atoms with van der Waals surface area (Å²) in [7, 11) is 0. The van der Waals surface area contributed by atoms with Gasteiger partial charge in [0, 0.05) is 5.38 Å². The van der Waals surface area contributed by atoms with Crippen molar-refractivity contribution in [1.82, 2.24) is 10.3 Å². The van der Waals surface area contributed by atoms with E-state index in [2.05, 4.69) is 10.3 Å². The third-order valence-corrected chi connectivity index (χ3v) is 3.64. The fourth-order valence-electron chi connectivity index (χ4n) is 1.50. The van der Waals surface area contributed by atoms with E-state index in [4.69, 9.17) is 10.8 Å². The van der Waals surface area contributed by atoms with Crippen LogP contribution in [0, 0.1) is 0 Å². The van der Waals surface area contributed by atoms with Crippen molar-refractivity contribution in [3.05, 3.63) is 16.1 Å². The first-order valence-corrected chi connectivity index (χ1v) is 7.08. The van der Waals surface area contributed by atoms with E-state index < -0.39 is 17.9 Å². The summed E-state index contributed by atoms with van der Waals surface area (Å²) in [6, 6.07) is -1.10. The molecular weight excluding hydrogens is 266 g/mol. The number of rotatable bonds is 7. The van der Waals surface area contributed by atoms with Gasteiger partial charge in [-0.15, -0.1) is 11.3 Å². The normalized spacial score (nSPS) is 13.8. The first kappa shape index (κ1) is 15.6. The van der Waals surface area contributed by atoms with Crippen molar-refractivity contribution in [2.45, 2.75) is 45.2 Å². The Morgan fingerprint density at radius 3 is 2.74 bits per heavy atom. The van der Waals surface area contributed by atoms with Crippen LogP contribution in [0.25, 0.3) is 0 Å². The minimum absolute atomic E-state index is 0.222. The fourth-order valence-corrected chi connectivity index (χ4v) is 2.26. The lowest BCUT2D eigenvalue weighted by Crippen LogP contribution is -2.40. The first-order valence-electron chi connectivity index (χ1n) is 6.20. The van der Waals surface area contributed by atoms with Gasteiger partial charge < -0.3 is 16.2 Å². The highest BCUT2D eigenvalue weighted by Crippen LogP contribution is 2.16. The van der Waals surface area contributed by atoms with Crippen LogP contribution in [-0.2, 0) is 4.79 Å². The summed E-state index contributed by atoms with van der Waals surface area (Å²) in [5.74, 6) is -1.49. The van der Waals surface area contributed by atoms with Crippen molar-refractivity contribution in [3.8, 4) is 0 Å². The molecule has 0 bridgehead atoms. The molecule has 1 amide bonds. The van der Waals surface area contributed by atoms with Crippen molar-refractivity contribution < 1.29 is 14.7 Å². The van der Waals surface area contributed by atoms with Crippen LogP contribution in [0.4, 0.5) is 0 Å². The van der Waals surface area contributed by atoms with Gasteiger partial charge in [0.15, 0.2) is 0 Å². The third-order valence-electron chi connectivity index (χ3n) is 2.59. The molecule has 0 spiro atoms. The molecule has 4 N–H and O–H groups in total. The highest BCUT2D eigenvalue weighted by atomic mass is 32.1. The highest BCUT2D eigenvalue weighted by molar-refractivity contribution is 7.09. The lowest BCUT2D eigenvalue weighted by atomic mass is 10.1. The van der Waals surface area contributed by atoms with Gasteiger partial charge in [-0.3, -0.25) is 4.79 Å². The smallest absolute Gasteiger partial charge is 0.326 e. The van der Waals surface area contributed by atoms with E-state index in [-0.39, 0.29) is 11.7 Å². The lowest BCUT2D eigenvalue weighted by Gasteiger charge is -2.12. The summed E-state index contributed by atoms with van der Waals surface area (Å²) in [6.45, 7) is 3.75. The molecule has 1 aromatic heterocycles. The van der Waals surface area contributed by atoms with Gasteiger partial charge in [0.05, 0.1) is 6.04 Å². The van der Waals surface area contributed by atoms with Crippen molar-refractivity contribution in [3.63, 3.8) is 0 Å². The van der Waals surface area contributed by atoms with Crippen LogP contribution < -0.4 is 11.1 Å². The summed E-state index contributed by atoms with van der Waals surface area (Å²) in [4.78, 5) is 27.0. The average Bonchev–Trinajstić information content (AvgIpc) is 2.83. The minimum Gasteiger partial charge on any atom is -0.480 e. The van der Waals surface area contributed by atoms with Crippen LogP contribution in [-0.4, -0.2) is 28.0 Å². The third kappa shape index (κ3) is 4.60. The second-order valence-corrected chi connectivity index (χ2v) is 5.26. The number of amides is 1. The van der Waals surface area contributed by atoms with Gasteiger partial charge in [0.25, 0.3) is 5.91 Å². The highest BCUT2D eigenvalue weighted by Gasteiger charge is 2.21. The Hall–Kier alpha value is -1.47. The summed E-state index contributed by atoms with van der Waals surface area (Å²) < 4.78 is 0. The Kier molecular flexibility index (Phi) is 5.91. The molecule has 106 valence electrons. The molecule has 0 saturated heterocycles. The SMILES string of the molecule is CCCCC(NC(=O)c1csc(C(C)N)n1)C(=O)O. The number of carbonyl (C=O) groups is 2. The largest absolute Gasteiger partial charge is 0.480 e. The van der Waals surface area contributed by atoms with Gasteiger partial charge in [-0.2, -0.15) is 0 Å². The zero-order chi connectivity index (χ0) is 14.4. The van der Waals surface area contributed by atoms with Gasteiger partial charge in [0.2, 0.25) is 0 Å². The van der Waals surface area contributed by atoms with E-state index in [1.165, 1.54) is 11.3 Å². The van der Waals surface area contributed by atoms with Crippen molar-refractivity contribution in [2.75, 3.05) is 0 Å². The van der Waals surface area contributed by atoms with Crippen molar-refractivity contribution >= 4 is 23.2 Å². The number of thiazole rings is 1. The Labute approximate surface area is 116 Å². The predicted molar refractivity (Wildman–Crippen MR) is 73.1 cm³/mol. The monoisotopic (exact) mass is 285 g/mol. The number of nitrogens with one attached hydrogen (secondary N) is 1. The number of aromatic nitrogens is 1. The van der Waals surface area contributed by atoms with Crippen LogP contribution in [0.15, 0.2) is 5.38 Å². The number of nitrogens with two attached hydrogens (primary N) is 1. The number of hydrogen-bond donors (Lipinski definition) is 3. The summed E-state index contributed by atoms with van der Waals surface area (Å²) >= 11 is 1.29. The maximum absolute atomic E-state index is 11.9. The number of hydrogen-bond acceptors (Lipinski definition) is 5. The quantitative estimate of drug-likeness (QED) is 0.704. The van der Waals surface area contributed by atoms with E-state index in [1.54, 1.807) is 12.3 Å². The number of carbonyl (C=O) groups excluding carboxylic acids is 1. The van der Waals surface area contributed by atoms with Gasteiger partial charge in [-0.1, -0.05) is 19.8 Å². The van der Waals surface area contributed by atoms with Gasteiger partial charge >= 0.3 is 5.97 Å².